The molecule has 21 heavy (non-hydrogen) atoms. The van der Waals surface area contributed by atoms with Crippen molar-refractivity contribution in [2.45, 2.75) is 9.79 Å². The Balaban J connectivity index is 2.35. The highest BCUT2D eigenvalue weighted by molar-refractivity contribution is 7.92. The van der Waals surface area contributed by atoms with Crippen molar-refractivity contribution in [1.29, 1.82) is 0 Å². The maximum Gasteiger partial charge on any atom is 0.261 e. The van der Waals surface area contributed by atoms with Gasteiger partial charge in [0.15, 0.2) is 0 Å². The molecule has 0 aliphatic carbocycles. The van der Waals surface area contributed by atoms with Gasteiger partial charge in [-0.2, -0.15) is 0 Å². The van der Waals surface area contributed by atoms with Gasteiger partial charge in [-0.1, -0.05) is 12.1 Å². The largest absolute Gasteiger partial charge is 0.277 e. The van der Waals surface area contributed by atoms with E-state index in [2.05, 4.69) is 4.72 Å². The lowest BCUT2D eigenvalue weighted by molar-refractivity contribution is 0.594. The van der Waals surface area contributed by atoms with Crippen molar-refractivity contribution in [3.05, 3.63) is 54.3 Å². The summed E-state index contributed by atoms with van der Waals surface area (Å²) >= 11 is 0. The molecule has 0 unspecified atom stereocenters. The first-order valence-corrected chi connectivity index (χ1v) is 8.63. The van der Waals surface area contributed by atoms with E-state index in [0.29, 0.717) is 0 Å². The minimum absolute atomic E-state index is 0.201. The SMILES string of the molecule is NS(=O)(=O)c1ccc(S(=O)(=O)Nc2ccccc2F)cc1. The molecule has 0 bridgehead atoms. The Morgan fingerprint density at radius 1 is 0.857 bits per heavy atom. The van der Waals surface area contributed by atoms with Crippen LogP contribution in [0.3, 0.4) is 0 Å². The molecule has 0 aromatic heterocycles. The molecular formula is C12H11FN2O4S2. The van der Waals surface area contributed by atoms with Crippen molar-refractivity contribution in [3.8, 4) is 0 Å². The zero-order chi connectivity index (χ0) is 15.7. The van der Waals surface area contributed by atoms with E-state index in [1.165, 1.54) is 18.2 Å². The van der Waals surface area contributed by atoms with E-state index in [1.807, 2.05) is 0 Å². The second kappa shape index (κ2) is 5.43. The lowest BCUT2D eigenvalue weighted by Crippen LogP contribution is -2.15. The van der Waals surface area contributed by atoms with Crippen molar-refractivity contribution in [2.75, 3.05) is 4.72 Å². The number of rotatable bonds is 4. The molecule has 9 heteroatoms. The standard InChI is InChI=1S/C12H11FN2O4S2/c13-11-3-1-2-4-12(11)15-21(18,19)10-7-5-9(6-8-10)20(14,16)17/h1-8,15H,(H2,14,16,17). The average Bonchev–Trinajstić information content (AvgIpc) is 2.40. The van der Waals surface area contributed by atoms with E-state index in [4.69, 9.17) is 5.14 Å². The van der Waals surface area contributed by atoms with Crippen LogP contribution in [0.2, 0.25) is 0 Å². The molecule has 0 aliphatic heterocycles. The van der Waals surface area contributed by atoms with E-state index < -0.39 is 25.9 Å². The van der Waals surface area contributed by atoms with Crippen LogP contribution < -0.4 is 9.86 Å². The number of para-hydroxylation sites is 1. The van der Waals surface area contributed by atoms with Crippen LogP contribution >= 0.6 is 0 Å². The van der Waals surface area contributed by atoms with Gasteiger partial charge >= 0.3 is 0 Å². The summed E-state index contributed by atoms with van der Waals surface area (Å²) in [7, 11) is -7.93. The number of nitrogens with one attached hydrogen (secondary N) is 1. The molecule has 3 N–H and O–H groups in total. The maximum absolute atomic E-state index is 13.4. The summed E-state index contributed by atoms with van der Waals surface area (Å²) in [4.78, 5) is -0.425. The number of benzene rings is 2. The number of nitrogens with two attached hydrogens (primary N) is 1. The molecule has 0 fully saturated rings. The molecule has 2 rings (SSSR count). The van der Waals surface area contributed by atoms with Crippen LogP contribution in [0.4, 0.5) is 10.1 Å². The summed E-state index contributed by atoms with van der Waals surface area (Å²) in [6.45, 7) is 0. The molecule has 6 nitrogen and oxygen atoms in total. The lowest BCUT2D eigenvalue weighted by Gasteiger charge is -2.09. The van der Waals surface area contributed by atoms with Crippen molar-refractivity contribution in [1.82, 2.24) is 0 Å². The highest BCUT2D eigenvalue weighted by Gasteiger charge is 2.17. The predicted molar refractivity (Wildman–Crippen MR) is 75.0 cm³/mol. The zero-order valence-electron chi connectivity index (χ0n) is 10.5. The molecule has 0 atom stereocenters. The summed E-state index contributed by atoms with van der Waals surface area (Å²) in [5.41, 5.74) is -0.201. The van der Waals surface area contributed by atoms with Crippen LogP contribution in [0.15, 0.2) is 58.3 Å². The first-order chi connectivity index (χ1) is 9.70. The molecule has 112 valence electrons. The van der Waals surface area contributed by atoms with E-state index in [-0.39, 0.29) is 15.5 Å². The molecule has 0 spiro atoms. The molecule has 0 saturated carbocycles. The van der Waals surface area contributed by atoms with E-state index in [9.17, 15) is 21.2 Å². The summed E-state index contributed by atoms with van der Waals surface area (Å²) < 4.78 is 61.8. The Morgan fingerprint density at radius 2 is 1.38 bits per heavy atom. The Kier molecular flexibility index (Phi) is 3.99. The van der Waals surface area contributed by atoms with E-state index >= 15 is 0 Å². The number of sulfonamides is 2. The molecule has 0 aliphatic rings. The van der Waals surface area contributed by atoms with Crippen molar-refractivity contribution in [2.24, 2.45) is 5.14 Å². The number of halogens is 1. The van der Waals surface area contributed by atoms with Gasteiger partial charge in [-0.05, 0) is 36.4 Å². The van der Waals surface area contributed by atoms with Gasteiger partial charge in [0.1, 0.15) is 5.82 Å². The minimum Gasteiger partial charge on any atom is -0.277 e. The van der Waals surface area contributed by atoms with Gasteiger partial charge in [-0.15, -0.1) is 0 Å². The average molecular weight is 330 g/mol. The van der Waals surface area contributed by atoms with Crippen LogP contribution in [0.1, 0.15) is 0 Å². The van der Waals surface area contributed by atoms with Gasteiger partial charge < -0.3 is 0 Å². The third kappa shape index (κ3) is 3.57. The molecule has 0 radical (unpaired) electrons. The maximum atomic E-state index is 13.4. The number of hydrogen-bond donors (Lipinski definition) is 2. The second-order valence-corrected chi connectivity index (χ2v) is 7.35. The van der Waals surface area contributed by atoms with Crippen LogP contribution in [-0.2, 0) is 20.0 Å². The Labute approximate surface area is 121 Å². The predicted octanol–water partition coefficient (Wildman–Crippen LogP) is 1.27. The van der Waals surface area contributed by atoms with Gasteiger partial charge in [0.05, 0.1) is 15.5 Å². The molecular weight excluding hydrogens is 319 g/mol. The second-order valence-electron chi connectivity index (χ2n) is 4.10. The van der Waals surface area contributed by atoms with Gasteiger partial charge in [0.25, 0.3) is 10.0 Å². The third-order valence-corrected chi connectivity index (χ3v) is 4.89. The summed E-state index contributed by atoms with van der Waals surface area (Å²) in [5, 5.41) is 4.92. The lowest BCUT2D eigenvalue weighted by atomic mass is 10.3. The zero-order valence-corrected chi connectivity index (χ0v) is 12.2. The number of hydrogen-bond acceptors (Lipinski definition) is 4. The van der Waals surface area contributed by atoms with Gasteiger partial charge in [0, 0.05) is 0 Å². The smallest absolute Gasteiger partial charge is 0.261 e. The first-order valence-electron chi connectivity index (χ1n) is 5.60. The molecule has 2 aromatic carbocycles. The van der Waals surface area contributed by atoms with Crippen LogP contribution in [-0.4, -0.2) is 16.8 Å². The highest BCUT2D eigenvalue weighted by Crippen LogP contribution is 2.19. The van der Waals surface area contributed by atoms with Crippen LogP contribution in [0.5, 0.6) is 0 Å². The fourth-order valence-electron chi connectivity index (χ4n) is 1.56. The monoisotopic (exact) mass is 330 g/mol. The number of anilines is 1. The highest BCUT2D eigenvalue weighted by atomic mass is 32.2. The topological polar surface area (TPSA) is 106 Å². The van der Waals surface area contributed by atoms with Crippen LogP contribution in [0, 0.1) is 5.82 Å². The molecule has 0 heterocycles. The van der Waals surface area contributed by atoms with E-state index in [0.717, 1.165) is 30.3 Å². The minimum atomic E-state index is -4.02. The molecule has 0 saturated heterocycles. The normalized spacial score (nSPS) is 12.1. The Bertz CT molecular complexity index is 862. The van der Waals surface area contributed by atoms with E-state index in [1.54, 1.807) is 0 Å². The summed E-state index contributed by atoms with van der Waals surface area (Å²) in [6, 6.07) is 9.55. The fraction of sp³-hybridized carbons (Fsp3) is 0. The van der Waals surface area contributed by atoms with Gasteiger partial charge in [-0.25, -0.2) is 26.4 Å². The Hall–Kier alpha value is -1.97. The molecule has 0 amide bonds. The molecule has 2 aromatic rings. The van der Waals surface area contributed by atoms with Crippen LogP contribution in [0.25, 0.3) is 0 Å². The third-order valence-electron chi connectivity index (χ3n) is 2.58. The van der Waals surface area contributed by atoms with Gasteiger partial charge in [0.2, 0.25) is 10.0 Å². The quantitative estimate of drug-likeness (QED) is 0.880. The summed E-state index contributed by atoms with van der Waals surface area (Å²) in [5.74, 6) is -0.720. The fourth-order valence-corrected chi connectivity index (χ4v) is 3.14. The van der Waals surface area contributed by atoms with Crippen molar-refractivity contribution < 1.29 is 21.2 Å². The summed E-state index contributed by atoms with van der Waals surface area (Å²) in [6.07, 6.45) is 0. The Morgan fingerprint density at radius 3 is 1.90 bits per heavy atom. The van der Waals surface area contributed by atoms with Crippen molar-refractivity contribution >= 4 is 25.7 Å². The van der Waals surface area contributed by atoms with Gasteiger partial charge in [-0.3, -0.25) is 4.72 Å². The van der Waals surface area contributed by atoms with Crippen molar-refractivity contribution in [3.63, 3.8) is 0 Å². The number of primary sulfonamides is 1. The first kappa shape index (κ1) is 15.4.